The summed E-state index contributed by atoms with van der Waals surface area (Å²) >= 11 is 0. The highest BCUT2D eigenvalue weighted by atomic mass is 16.5. The molecular formula is C21H24N6O2. The molecule has 0 radical (unpaired) electrons. The number of ether oxygens (including phenoxy) is 1. The van der Waals surface area contributed by atoms with E-state index in [1.165, 1.54) is 0 Å². The lowest BCUT2D eigenvalue weighted by Crippen LogP contribution is -2.49. The zero-order valence-electron chi connectivity index (χ0n) is 16.7. The fraction of sp³-hybridized carbons (Fsp3) is 0.429. The highest BCUT2D eigenvalue weighted by Crippen LogP contribution is 2.41. The number of para-hydroxylation sites is 1. The molecule has 2 aliphatic heterocycles. The van der Waals surface area contributed by atoms with Crippen LogP contribution in [0.25, 0.3) is 11.0 Å². The summed E-state index contributed by atoms with van der Waals surface area (Å²) in [6.07, 6.45) is 5.84. The normalized spacial score (nSPS) is 18.1. The van der Waals surface area contributed by atoms with Crippen molar-refractivity contribution < 1.29 is 9.53 Å². The van der Waals surface area contributed by atoms with E-state index >= 15 is 0 Å². The Morgan fingerprint density at radius 3 is 2.86 bits per heavy atom. The van der Waals surface area contributed by atoms with Crippen molar-refractivity contribution in [3.8, 4) is 0 Å². The molecule has 1 aromatic carbocycles. The van der Waals surface area contributed by atoms with E-state index in [-0.39, 0.29) is 5.91 Å². The van der Waals surface area contributed by atoms with Crippen molar-refractivity contribution in [2.75, 3.05) is 38.7 Å². The number of aromatic nitrogens is 4. The minimum Gasteiger partial charge on any atom is -0.368 e. The second-order valence-corrected chi connectivity index (χ2v) is 7.93. The van der Waals surface area contributed by atoms with Crippen molar-refractivity contribution in [3.05, 3.63) is 47.5 Å². The Bertz CT molecular complexity index is 1070. The average Bonchev–Trinajstić information content (AvgIpc) is 3.23. The van der Waals surface area contributed by atoms with Gasteiger partial charge in [-0.1, -0.05) is 6.07 Å². The molecule has 0 saturated carbocycles. The maximum Gasteiger partial charge on any atom is 0.256 e. The van der Waals surface area contributed by atoms with Crippen LogP contribution in [0.2, 0.25) is 0 Å². The van der Waals surface area contributed by atoms with Crippen LogP contribution in [-0.2, 0) is 16.8 Å². The fourth-order valence-electron chi connectivity index (χ4n) is 4.38. The van der Waals surface area contributed by atoms with Gasteiger partial charge in [0.1, 0.15) is 11.1 Å². The van der Waals surface area contributed by atoms with Crippen LogP contribution in [0.15, 0.2) is 30.7 Å². The number of carbonyl (C=O) groups is 1. The molecule has 29 heavy (non-hydrogen) atoms. The maximum absolute atomic E-state index is 13.2. The Morgan fingerprint density at radius 1 is 1.24 bits per heavy atom. The summed E-state index contributed by atoms with van der Waals surface area (Å²) in [7, 11) is 3.88. The van der Waals surface area contributed by atoms with Gasteiger partial charge in [0.25, 0.3) is 5.91 Å². The molecule has 2 aliphatic rings. The van der Waals surface area contributed by atoms with Crippen LogP contribution in [-0.4, -0.2) is 64.5 Å². The first-order valence-electron chi connectivity index (χ1n) is 9.96. The van der Waals surface area contributed by atoms with E-state index in [9.17, 15) is 4.79 Å². The number of anilines is 1. The SMILES string of the molecule is CN(C)c1ncc2c(n1)C1(CCN(C(=O)c3cccc4[nH]cnc34)CC1)OCC2. The van der Waals surface area contributed by atoms with Crippen LogP contribution in [0.4, 0.5) is 5.95 Å². The molecular weight excluding hydrogens is 368 g/mol. The molecule has 1 spiro atoms. The van der Waals surface area contributed by atoms with Gasteiger partial charge in [-0.25, -0.2) is 15.0 Å². The zero-order chi connectivity index (χ0) is 20.0. The maximum atomic E-state index is 13.2. The topological polar surface area (TPSA) is 87.2 Å². The Kier molecular flexibility index (Phi) is 4.24. The number of hydrogen-bond donors (Lipinski definition) is 1. The number of piperidine rings is 1. The van der Waals surface area contributed by atoms with Gasteiger partial charge in [0.05, 0.1) is 29.7 Å². The molecule has 1 N–H and O–H groups in total. The van der Waals surface area contributed by atoms with E-state index in [4.69, 9.17) is 9.72 Å². The van der Waals surface area contributed by atoms with Crippen molar-refractivity contribution >= 4 is 22.9 Å². The molecule has 8 nitrogen and oxygen atoms in total. The quantitative estimate of drug-likeness (QED) is 0.719. The standard InChI is InChI=1S/C21H24N6O2/c1-26(2)20-22-12-14-6-11-29-21(18(14)25-20)7-9-27(10-8-21)19(28)15-4-3-5-16-17(15)24-13-23-16/h3-5,12-13H,6-11H2,1-2H3,(H,23,24). The molecule has 0 aliphatic carbocycles. The van der Waals surface area contributed by atoms with E-state index in [0.29, 0.717) is 31.2 Å². The van der Waals surface area contributed by atoms with Crippen LogP contribution < -0.4 is 4.90 Å². The Balaban J connectivity index is 1.40. The third-order valence-corrected chi connectivity index (χ3v) is 5.97. The van der Waals surface area contributed by atoms with Gasteiger partial charge in [-0.2, -0.15) is 0 Å². The minimum absolute atomic E-state index is 0.0188. The summed E-state index contributed by atoms with van der Waals surface area (Å²) in [6, 6.07) is 5.66. The van der Waals surface area contributed by atoms with Crippen LogP contribution in [0, 0.1) is 0 Å². The third kappa shape index (κ3) is 2.95. The molecule has 1 fully saturated rings. The van der Waals surface area contributed by atoms with E-state index < -0.39 is 5.60 Å². The van der Waals surface area contributed by atoms with E-state index in [0.717, 1.165) is 41.6 Å². The van der Waals surface area contributed by atoms with Crippen molar-refractivity contribution in [1.82, 2.24) is 24.8 Å². The van der Waals surface area contributed by atoms with Crippen molar-refractivity contribution in [2.45, 2.75) is 24.9 Å². The molecule has 0 atom stereocenters. The molecule has 8 heteroatoms. The molecule has 0 bridgehead atoms. The number of nitrogens with zero attached hydrogens (tertiary/aromatic N) is 5. The van der Waals surface area contributed by atoms with Crippen molar-refractivity contribution in [2.24, 2.45) is 0 Å². The second-order valence-electron chi connectivity index (χ2n) is 7.93. The zero-order valence-corrected chi connectivity index (χ0v) is 16.7. The predicted molar refractivity (Wildman–Crippen MR) is 109 cm³/mol. The largest absolute Gasteiger partial charge is 0.368 e. The lowest BCUT2D eigenvalue weighted by atomic mass is 9.83. The molecule has 1 amide bonds. The fourth-order valence-corrected chi connectivity index (χ4v) is 4.38. The molecule has 5 rings (SSSR count). The summed E-state index contributed by atoms with van der Waals surface area (Å²) in [5.41, 5.74) is 3.95. The van der Waals surface area contributed by atoms with Gasteiger partial charge in [0.15, 0.2) is 0 Å². The third-order valence-electron chi connectivity index (χ3n) is 5.97. The minimum atomic E-state index is -0.434. The number of aromatic amines is 1. The summed E-state index contributed by atoms with van der Waals surface area (Å²) in [6.45, 7) is 1.92. The number of nitrogens with one attached hydrogen (secondary N) is 1. The summed E-state index contributed by atoms with van der Waals surface area (Å²) in [5, 5.41) is 0. The Morgan fingerprint density at radius 2 is 2.07 bits per heavy atom. The van der Waals surface area contributed by atoms with Crippen molar-refractivity contribution in [3.63, 3.8) is 0 Å². The highest BCUT2D eigenvalue weighted by Gasteiger charge is 2.43. The van der Waals surface area contributed by atoms with Crippen LogP contribution in [0.5, 0.6) is 0 Å². The van der Waals surface area contributed by atoms with E-state index in [2.05, 4.69) is 15.0 Å². The molecule has 3 aromatic rings. The van der Waals surface area contributed by atoms with Crippen LogP contribution in [0.1, 0.15) is 34.5 Å². The number of benzene rings is 1. The van der Waals surface area contributed by atoms with Gasteiger partial charge in [-0.05, 0) is 37.0 Å². The summed E-state index contributed by atoms with van der Waals surface area (Å²) < 4.78 is 6.30. The van der Waals surface area contributed by atoms with Crippen LogP contribution in [0.3, 0.4) is 0 Å². The van der Waals surface area contributed by atoms with Gasteiger partial charge >= 0.3 is 0 Å². The number of fused-ring (bicyclic) bond motifs is 3. The smallest absolute Gasteiger partial charge is 0.256 e. The molecule has 1 saturated heterocycles. The first-order valence-corrected chi connectivity index (χ1v) is 9.96. The average molecular weight is 392 g/mol. The molecule has 2 aromatic heterocycles. The first kappa shape index (κ1) is 18.1. The number of likely N-dealkylation sites (tertiary alicyclic amines) is 1. The molecule has 0 unspecified atom stereocenters. The number of rotatable bonds is 2. The lowest BCUT2D eigenvalue weighted by Gasteiger charge is -2.44. The van der Waals surface area contributed by atoms with Gasteiger partial charge in [-0.15, -0.1) is 0 Å². The number of carbonyl (C=O) groups excluding carboxylic acids is 1. The predicted octanol–water partition coefficient (Wildman–Crippen LogP) is 2.12. The van der Waals surface area contributed by atoms with Crippen molar-refractivity contribution in [1.29, 1.82) is 0 Å². The number of H-pyrrole nitrogens is 1. The number of hydrogen-bond acceptors (Lipinski definition) is 6. The van der Waals surface area contributed by atoms with Crippen LogP contribution >= 0.6 is 0 Å². The van der Waals surface area contributed by atoms with E-state index in [1.54, 1.807) is 6.33 Å². The number of amides is 1. The van der Waals surface area contributed by atoms with Gasteiger partial charge < -0.3 is 19.5 Å². The highest BCUT2D eigenvalue weighted by molar-refractivity contribution is 6.04. The Hall–Kier alpha value is -3.00. The number of imidazole rings is 1. The Labute approximate surface area is 168 Å². The van der Waals surface area contributed by atoms with Gasteiger partial charge in [0, 0.05) is 33.4 Å². The van der Waals surface area contributed by atoms with E-state index in [1.807, 2.05) is 48.3 Å². The van der Waals surface area contributed by atoms with Gasteiger partial charge in [-0.3, -0.25) is 4.79 Å². The monoisotopic (exact) mass is 392 g/mol. The lowest BCUT2D eigenvalue weighted by molar-refractivity contribution is -0.0966. The van der Waals surface area contributed by atoms with Gasteiger partial charge in [0.2, 0.25) is 5.95 Å². The molecule has 4 heterocycles. The summed E-state index contributed by atoms with van der Waals surface area (Å²) in [4.78, 5) is 33.7. The summed E-state index contributed by atoms with van der Waals surface area (Å²) in [5.74, 6) is 0.711. The molecule has 150 valence electrons. The second kappa shape index (κ2) is 6.81. The first-order chi connectivity index (χ1) is 14.1.